The molecule has 0 saturated heterocycles. The highest BCUT2D eigenvalue weighted by Gasteiger charge is 2.20. The maximum absolute atomic E-state index is 12.6. The van der Waals surface area contributed by atoms with Gasteiger partial charge in [0.05, 0.1) is 4.90 Å². The summed E-state index contributed by atoms with van der Waals surface area (Å²) in [7, 11) is -3.87. The van der Waals surface area contributed by atoms with Crippen LogP contribution in [0.15, 0.2) is 65.7 Å². The highest BCUT2D eigenvalue weighted by molar-refractivity contribution is 7.92. The van der Waals surface area contributed by atoms with Crippen LogP contribution in [-0.4, -0.2) is 30.4 Å². The number of aryl methyl sites for hydroxylation is 1. The molecule has 31 heavy (non-hydrogen) atoms. The third-order valence-corrected chi connectivity index (χ3v) is 5.77. The number of aromatic nitrogens is 2. The summed E-state index contributed by atoms with van der Waals surface area (Å²) in [4.78, 5) is 20.5. The third-order valence-electron chi connectivity index (χ3n) is 4.19. The standard InChI is InChI=1S/C21H21ClN4O4S/c1-3-19(30-17-6-4-5-15(22)13-17)20(27)25-16-7-9-18(10-8-16)31(28,29)26-21-23-12-11-14(2)24-21/h4-13,19H,3H2,1-2H3,(H,25,27)(H,23,24,26)/t19-/m0/s1. The van der Waals surface area contributed by atoms with Crippen LogP contribution in [0.25, 0.3) is 0 Å². The number of carbonyl (C=O) groups excluding carboxylic acids is 1. The zero-order valence-corrected chi connectivity index (χ0v) is 18.4. The third kappa shape index (κ3) is 6.16. The Labute approximate surface area is 185 Å². The number of rotatable bonds is 8. The summed E-state index contributed by atoms with van der Waals surface area (Å²) >= 11 is 5.95. The Balaban J connectivity index is 1.67. The molecule has 162 valence electrons. The minimum Gasteiger partial charge on any atom is -0.481 e. The van der Waals surface area contributed by atoms with Gasteiger partial charge in [-0.25, -0.2) is 23.1 Å². The second-order valence-corrected chi connectivity index (χ2v) is 8.73. The molecule has 2 aromatic carbocycles. The zero-order chi connectivity index (χ0) is 22.4. The summed E-state index contributed by atoms with van der Waals surface area (Å²) in [6, 6.07) is 14.2. The first kappa shape index (κ1) is 22.5. The molecule has 1 heterocycles. The number of hydrogen-bond acceptors (Lipinski definition) is 6. The first-order chi connectivity index (χ1) is 14.8. The van der Waals surface area contributed by atoms with Gasteiger partial charge in [0.15, 0.2) is 6.10 Å². The molecule has 0 spiro atoms. The molecular formula is C21H21ClN4O4S. The Morgan fingerprint density at radius 2 is 1.90 bits per heavy atom. The van der Waals surface area contributed by atoms with Gasteiger partial charge in [0.2, 0.25) is 5.95 Å². The number of nitrogens with zero attached hydrogens (tertiary/aromatic N) is 2. The fourth-order valence-corrected chi connectivity index (χ4v) is 3.78. The van der Waals surface area contributed by atoms with Crippen LogP contribution in [0.1, 0.15) is 19.0 Å². The molecule has 1 aromatic heterocycles. The smallest absolute Gasteiger partial charge is 0.265 e. The van der Waals surface area contributed by atoms with Gasteiger partial charge in [-0.1, -0.05) is 24.6 Å². The van der Waals surface area contributed by atoms with Crippen LogP contribution in [-0.2, 0) is 14.8 Å². The van der Waals surface area contributed by atoms with E-state index in [-0.39, 0.29) is 16.8 Å². The number of ether oxygens (including phenoxy) is 1. The van der Waals surface area contributed by atoms with E-state index in [0.29, 0.717) is 28.6 Å². The first-order valence-corrected chi connectivity index (χ1v) is 11.3. The van der Waals surface area contributed by atoms with E-state index in [1.165, 1.54) is 30.5 Å². The minimum absolute atomic E-state index is 0.0119. The van der Waals surface area contributed by atoms with Crippen molar-refractivity contribution in [3.63, 3.8) is 0 Å². The van der Waals surface area contributed by atoms with Gasteiger partial charge in [0.25, 0.3) is 15.9 Å². The molecule has 3 aromatic rings. The van der Waals surface area contributed by atoms with Crippen LogP contribution in [0.2, 0.25) is 5.02 Å². The van der Waals surface area contributed by atoms with Crippen LogP contribution in [0.4, 0.5) is 11.6 Å². The van der Waals surface area contributed by atoms with Crippen LogP contribution in [0.3, 0.4) is 0 Å². The van der Waals surface area contributed by atoms with Crippen molar-refractivity contribution in [3.05, 3.63) is 71.5 Å². The van der Waals surface area contributed by atoms with Crippen molar-refractivity contribution in [1.29, 1.82) is 0 Å². The summed E-state index contributed by atoms with van der Waals surface area (Å²) < 4.78 is 33.1. The van der Waals surface area contributed by atoms with Gasteiger partial charge in [0.1, 0.15) is 5.75 Å². The number of carbonyl (C=O) groups is 1. The van der Waals surface area contributed by atoms with Crippen molar-refractivity contribution >= 4 is 39.2 Å². The van der Waals surface area contributed by atoms with E-state index in [0.717, 1.165) is 0 Å². The van der Waals surface area contributed by atoms with E-state index >= 15 is 0 Å². The van der Waals surface area contributed by atoms with Crippen LogP contribution >= 0.6 is 11.6 Å². The average molecular weight is 461 g/mol. The molecule has 2 N–H and O–H groups in total. The number of nitrogens with one attached hydrogen (secondary N) is 2. The molecule has 1 amide bonds. The number of hydrogen-bond donors (Lipinski definition) is 2. The Morgan fingerprint density at radius 3 is 2.55 bits per heavy atom. The van der Waals surface area contributed by atoms with Gasteiger partial charge in [-0.2, -0.15) is 0 Å². The lowest BCUT2D eigenvalue weighted by atomic mass is 10.2. The lowest BCUT2D eigenvalue weighted by molar-refractivity contribution is -0.122. The van der Waals surface area contributed by atoms with Crippen molar-refractivity contribution in [2.75, 3.05) is 10.0 Å². The van der Waals surface area contributed by atoms with E-state index < -0.39 is 16.1 Å². The normalized spacial score (nSPS) is 12.1. The molecule has 0 radical (unpaired) electrons. The van der Waals surface area contributed by atoms with Crippen molar-refractivity contribution in [1.82, 2.24) is 9.97 Å². The van der Waals surface area contributed by atoms with Gasteiger partial charge in [0, 0.05) is 22.6 Å². The van der Waals surface area contributed by atoms with E-state index in [1.54, 1.807) is 37.3 Å². The lowest BCUT2D eigenvalue weighted by Gasteiger charge is -2.17. The Morgan fingerprint density at radius 1 is 1.16 bits per heavy atom. The number of benzene rings is 2. The quantitative estimate of drug-likeness (QED) is 0.525. The topological polar surface area (TPSA) is 110 Å². The lowest BCUT2D eigenvalue weighted by Crippen LogP contribution is -2.32. The number of sulfonamides is 1. The van der Waals surface area contributed by atoms with Crippen molar-refractivity contribution in [3.8, 4) is 5.75 Å². The highest BCUT2D eigenvalue weighted by Crippen LogP contribution is 2.21. The average Bonchev–Trinajstić information content (AvgIpc) is 2.72. The molecule has 0 aliphatic carbocycles. The maximum Gasteiger partial charge on any atom is 0.265 e. The molecule has 0 fully saturated rings. The molecule has 0 saturated carbocycles. The molecule has 0 bridgehead atoms. The second-order valence-electron chi connectivity index (χ2n) is 6.61. The summed E-state index contributed by atoms with van der Waals surface area (Å²) in [5.41, 5.74) is 1.07. The zero-order valence-electron chi connectivity index (χ0n) is 16.9. The Hall–Kier alpha value is -3.17. The minimum atomic E-state index is -3.87. The summed E-state index contributed by atoms with van der Waals surface area (Å²) in [6.45, 7) is 3.56. The molecule has 0 unspecified atom stereocenters. The van der Waals surface area contributed by atoms with Gasteiger partial charge in [-0.15, -0.1) is 0 Å². The number of amides is 1. The largest absolute Gasteiger partial charge is 0.481 e. The van der Waals surface area contributed by atoms with Crippen LogP contribution < -0.4 is 14.8 Å². The SMILES string of the molecule is CC[C@H](Oc1cccc(Cl)c1)C(=O)Nc1ccc(S(=O)(=O)Nc2nccc(C)n2)cc1. The molecule has 0 aliphatic rings. The van der Waals surface area contributed by atoms with Crippen molar-refractivity contribution in [2.45, 2.75) is 31.3 Å². The van der Waals surface area contributed by atoms with Gasteiger partial charge in [-0.05, 0) is 61.9 Å². The fourth-order valence-electron chi connectivity index (χ4n) is 2.64. The fraction of sp³-hybridized carbons (Fsp3) is 0.190. The molecule has 0 aliphatic heterocycles. The number of anilines is 2. The van der Waals surface area contributed by atoms with Crippen molar-refractivity contribution < 1.29 is 17.9 Å². The Kier molecular flexibility index (Phi) is 7.09. The predicted octanol–water partition coefficient (Wildman–Crippen LogP) is 4.04. The molecule has 10 heteroatoms. The number of halogens is 1. The molecular weight excluding hydrogens is 440 g/mol. The molecule has 1 atom stereocenters. The molecule has 3 rings (SSSR count). The van der Waals surface area contributed by atoms with Crippen molar-refractivity contribution in [2.24, 2.45) is 0 Å². The second kappa shape index (κ2) is 9.76. The maximum atomic E-state index is 12.6. The monoisotopic (exact) mass is 460 g/mol. The van der Waals surface area contributed by atoms with E-state index in [9.17, 15) is 13.2 Å². The Bertz CT molecular complexity index is 1170. The summed E-state index contributed by atoms with van der Waals surface area (Å²) in [6.07, 6.45) is 1.17. The van der Waals surface area contributed by atoms with E-state index in [1.807, 2.05) is 6.92 Å². The van der Waals surface area contributed by atoms with E-state index in [4.69, 9.17) is 16.3 Å². The van der Waals surface area contributed by atoms with Gasteiger partial charge < -0.3 is 10.1 Å². The van der Waals surface area contributed by atoms with Crippen LogP contribution in [0, 0.1) is 6.92 Å². The summed E-state index contributed by atoms with van der Waals surface area (Å²) in [5.74, 6) is 0.117. The predicted molar refractivity (Wildman–Crippen MR) is 119 cm³/mol. The van der Waals surface area contributed by atoms with Gasteiger partial charge in [-0.3, -0.25) is 4.79 Å². The summed E-state index contributed by atoms with van der Waals surface area (Å²) in [5, 5.41) is 3.24. The molecule has 8 nitrogen and oxygen atoms in total. The highest BCUT2D eigenvalue weighted by atomic mass is 35.5. The first-order valence-electron chi connectivity index (χ1n) is 9.42. The van der Waals surface area contributed by atoms with Gasteiger partial charge >= 0.3 is 0 Å². The van der Waals surface area contributed by atoms with Crippen LogP contribution in [0.5, 0.6) is 5.75 Å². The van der Waals surface area contributed by atoms with E-state index in [2.05, 4.69) is 20.0 Å².